The Kier molecular flexibility index (Phi) is 6.65. The molecule has 29 heavy (non-hydrogen) atoms. The quantitative estimate of drug-likeness (QED) is 0.719. The maximum atomic E-state index is 12.4. The van der Waals surface area contributed by atoms with E-state index in [1.54, 1.807) is 0 Å². The summed E-state index contributed by atoms with van der Waals surface area (Å²) < 4.78 is 5.76. The Morgan fingerprint density at radius 3 is 2.66 bits per heavy atom. The van der Waals surface area contributed by atoms with E-state index < -0.39 is 0 Å². The van der Waals surface area contributed by atoms with E-state index >= 15 is 0 Å². The fourth-order valence-electron chi connectivity index (χ4n) is 4.43. The lowest BCUT2D eigenvalue weighted by Crippen LogP contribution is -2.51. The topological polar surface area (TPSA) is 70.6 Å². The zero-order chi connectivity index (χ0) is 20.2. The molecule has 0 spiro atoms. The first kappa shape index (κ1) is 20.5. The number of amides is 1. The maximum absolute atomic E-state index is 12.4. The summed E-state index contributed by atoms with van der Waals surface area (Å²) >= 11 is 0. The van der Waals surface area contributed by atoms with Gasteiger partial charge in [0.05, 0.1) is 6.10 Å². The molecule has 4 rings (SSSR count). The minimum atomic E-state index is -0.0161. The van der Waals surface area contributed by atoms with E-state index in [4.69, 9.17) is 4.74 Å². The van der Waals surface area contributed by atoms with Crippen LogP contribution in [0.15, 0.2) is 6.20 Å². The lowest BCUT2D eigenvalue weighted by atomic mass is 9.95. The summed E-state index contributed by atoms with van der Waals surface area (Å²) in [7, 11) is 0. The second-order valence-electron chi connectivity index (χ2n) is 8.98. The number of carbonyl (C=O) groups excluding carboxylic acids is 1. The molecular formula is C22H35N5O2. The molecule has 3 aliphatic rings. The Labute approximate surface area is 174 Å². The molecule has 0 unspecified atom stereocenters. The fraction of sp³-hybridized carbons (Fsp3) is 0.773. The number of aryl methyl sites for hydroxylation is 2. The van der Waals surface area contributed by atoms with Crippen LogP contribution in [0.3, 0.4) is 0 Å². The molecule has 3 fully saturated rings. The number of hydrogen-bond acceptors (Lipinski definition) is 6. The lowest BCUT2D eigenvalue weighted by Gasteiger charge is -2.38. The molecule has 1 aliphatic carbocycles. The van der Waals surface area contributed by atoms with Crippen LogP contribution in [0, 0.1) is 18.8 Å². The van der Waals surface area contributed by atoms with Crippen LogP contribution < -0.4 is 5.32 Å². The molecule has 1 N–H and O–H groups in total. The number of piperidine rings is 1. The standard InChI is InChI=1S/C22H35N5O2/c1-3-20-16(2)10-23-22(25-20)24-11-19-14-27(21(28)15-29-19)13-18-6-8-26(9-7-18)12-17-4-5-17/h10,17-19H,3-9,11-15H2,1-2H3,(H,23,24,25)/t19-/m0/s1. The monoisotopic (exact) mass is 401 g/mol. The number of carbonyl (C=O) groups is 1. The van der Waals surface area contributed by atoms with Crippen LogP contribution in [0.25, 0.3) is 0 Å². The highest BCUT2D eigenvalue weighted by atomic mass is 16.5. The van der Waals surface area contributed by atoms with Crippen molar-refractivity contribution in [1.29, 1.82) is 0 Å². The molecule has 2 saturated heterocycles. The van der Waals surface area contributed by atoms with E-state index in [0.717, 1.165) is 30.1 Å². The van der Waals surface area contributed by atoms with Crippen LogP contribution >= 0.6 is 0 Å². The number of nitrogens with one attached hydrogen (secondary N) is 1. The highest BCUT2D eigenvalue weighted by Gasteiger charge is 2.31. The van der Waals surface area contributed by atoms with Gasteiger partial charge in [-0.3, -0.25) is 4.79 Å². The van der Waals surface area contributed by atoms with Crippen molar-refractivity contribution in [2.45, 2.75) is 52.1 Å². The minimum Gasteiger partial charge on any atom is -0.365 e. The van der Waals surface area contributed by atoms with Crippen molar-refractivity contribution in [3.8, 4) is 0 Å². The Morgan fingerprint density at radius 1 is 1.17 bits per heavy atom. The molecule has 1 amide bonds. The van der Waals surface area contributed by atoms with Crippen molar-refractivity contribution in [2.24, 2.45) is 11.8 Å². The van der Waals surface area contributed by atoms with Crippen molar-refractivity contribution >= 4 is 11.9 Å². The van der Waals surface area contributed by atoms with Crippen molar-refractivity contribution in [1.82, 2.24) is 19.8 Å². The van der Waals surface area contributed by atoms with Gasteiger partial charge in [-0.05, 0) is 69.5 Å². The minimum absolute atomic E-state index is 0.0161. The van der Waals surface area contributed by atoms with Gasteiger partial charge in [-0.2, -0.15) is 0 Å². The fourth-order valence-corrected chi connectivity index (χ4v) is 4.43. The van der Waals surface area contributed by atoms with Gasteiger partial charge >= 0.3 is 0 Å². The summed E-state index contributed by atoms with van der Waals surface area (Å²) in [4.78, 5) is 25.9. The Hall–Kier alpha value is -1.73. The SMILES string of the molecule is CCc1nc(NC[C@H]2CN(CC3CCN(CC4CC4)CC3)C(=O)CO2)ncc1C. The van der Waals surface area contributed by atoms with Gasteiger partial charge in [0.15, 0.2) is 0 Å². The molecule has 1 atom stereocenters. The van der Waals surface area contributed by atoms with Crippen LogP contribution in [-0.4, -0.2) is 77.7 Å². The lowest BCUT2D eigenvalue weighted by molar-refractivity contribution is -0.149. The number of likely N-dealkylation sites (tertiary alicyclic amines) is 1. The summed E-state index contributed by atoms with van der Waals surface area (Å²) in [5, 5.41) is 3.29. The third-order valence-corrected chi connectivity index (χ3v) is 6.52. The first-order valence-electron chi connectivity index (χ1n) is 11.3. The summed E-state index contributed by atoms with van der Waals surface area (Å²) in [5.41, 5.74) is 2.18. The Balaban J connectivity index is 1.23. The number of nitrogens with zero attached hydrogens (tertiary/aromatic N) is 4. The number of morpholine rings is 1. The summed E-state index contributed by atoms with van der Waals surface area (Å²) in [5.74, 6) is 2.35. The average Bonchev–Trinajstić information content (AvgIpc) is 3.55. The molecule has 2 aliphatic heterocycles. The Morgan fingerprint density at radius 2 is 1.93 bits per heavy atom. The van der Waals surface area contributed by atoms with E-state index in [1.165, 1.54) is 45.3 Å². The molecule has 1 aromatic heterocycles. The predicted octanol–water partition coefficient (Wildman–Crippen LogP) is 2.11. The summed E-state index contributed by atoms with van der Waals surface area (Å²) in [6.07, 6.45) is 7.99. The number of rotatable bonds is 8. The summed E-state index contributed by atoms with van der Waals surface area (Å²) in [6, 6.07) is 0. The van der Waals surface area contributed by atoms with E-state index in [0.29, 0.717) is 25.0 Å². The molecular weight excluding hydrogens is 366 g/mol. The van der Waals surface area contributed by atoms with Crippen LogP contribution in [0.2, 0.25) is 0 Å². The van der Waals surface area contributed by atoms with Gasteiger partial charge in [-0.25, -0.2) is 9.97 Å². The third kappa shape index (κ3) is 5.66. The van der Waals surface area contributed by atoms with Gasteiger partial charge in [0.25, 0.3) is 0 Å². The molecule has 1 saturated carbocycles. The average molecular weight is 402 g/mol. The van der Waals surface area contributed by atoms with Crippen molar-refractivity contribution in [2.75, 3.05) is 51.2 Å². The second-order valence-corrected chi connectivity index (χ2v) is 8.98. The zero-order valence-electron chi connectivity index (χ0n) is 17.9. The number of aromatic nitrogens is 2. The number of hydrogen-bond donors (Lipinski definition) is 1. The molecule has 160 valence electrons. The highest BCUT2D eigenvalue weighted by molar-refractivity contribution is 5.78. The molecule has 7 heteroatoms. The Bertz CT molecular complexity index is 700. The van der Waals surface area contributed by atoms with Crippen LogP contribution in [0.1, 0.15) is 43.9 Å². The van der Waals surface area contributed by atoms with Crippen LogP contribution in [0.4, 0.5) is 5.95 Å². The summed E-state index contributed by atoms with van der Waals surface area (Å²) in [6.45, 7) is 10.1. The largest absolute Gasteiger partial charge is 0.365 e. The van der Waals surface area contributed by atoms with Gasteiger partial charge in [0.2, 0.25) is 11.9 Å². The van der Waals surface area contributed by atoms with E-state index in [2.05, 4.69) is 27.1 Å². The third-order valence-electron chi connectivity index (χ3n) is 6.52. The van der Waals surface area contributed by atoms with Gasteiger partial charge in [0, 0.05) is 38.1 Å². The van der Waals surface area contributed by atoms with Crippen molar-refractivity contribution in [3.63, 3.8) is 0 Å². The van der Waals surface area contributed by atoms with E-state index in [-0.39, 0.29) is 18.6 Å². The normalized spacial score (nSPS) is 24.1. The molecule has 3 heterocycles. The molecule has 0 bridgehead atoms. The van der Waals surface area contributed by atoms with Crippen molar-refractivity contribution < 1.29 is 9.53 Å². The van der Waals surface area contributed by atoms with Gasteiger partial charge in [-0.15, -0.1) is 0 Å². The predicted molar refractivity (Wildman–Crippen MR) is 113 cm³/mol. The second kappa shape index (κ2) is 9.39. The highest BCUT2D eigenvalue weighted by Crippen LogP contribution is 2.31. The molecule has 0 radical (unpaired) electrons. The van der Waals surface area contributed by atoms with E-state index in [1.807, 2.05) is 18.0 Å². The van der Waals surface area contributed by atoms with Crippen LogP contribution in [-0.2, 0) is 16.0 Å². The van der Waals surface area contributed by atoms with Gasteiger partial charge in [-0.1, -0.05) is 6.92 Å². The number of ether oxygens (including phenoxy) is 1. The molecule has 0 aromatic carbocycles. The first-order valence-corrected chi connectivity index (χ1v) is 11.3. The number of anilines is 1. The maximum Gasteiger partial charge on any atom is 0.248 e. The smallest absolute Gasteiger partial charge is 0.248 e. The van der Waals surface area contributed by atoms with E-state index in [9.17, 15) is 4.79 Å². The zero-order valence-corrected chi connectivity index (χ0v) is 17.9. The van der Waals surface area contributed by atoms with Crippen molar-refractivity contribution in [3.05, 3.63) is 17.5 Å². The molecule has 1 aromatic rings. The molecule has 7 nitrogen and oxygen atoms in total. The van der Waals surface area contributed by atoms with Crippen LogP contribution in [0.5, 0.6) is 0 Å². The van der Waals surface area contributed by atoms with Gasteiger partial charge < -0.3 is 19.9 Å². The van der Waals surface area contributed by atoms with Gasteiger partial charge in [0.1, 0.15) is 6.61 Å². The first-order chi connectivity index (χ1) is 14.1.